The normalized spacial score (nSPS) is 24.8. The second-order valence-electron chi connectivity index (χ2n) is 11.4. The van der Waals surface area contributed by atoms with Crippen molar-refractivity contribution in [2.75, 3.05) is 6.61 Å². The van der Waals surface area contributed by atoms with Gasteiger partial charge in [0.25, 0.3) is 14.4 Å². The summed E-state index contributed by atoms with van der Waals surface area (Å²) >= 11 is 0. The van der Waals surface area contributed by atoms with Crippen molar-refractivity contribution in [1.29, 1.82) is 0 Å². The number of hydrogen-bond donors (Lipinski definition) is 1. The van der Waals surface area contributed by atoms with Crippen LogP contribution in [0.3, 0.4) is 0 Å². The van der Waals surface area contributed by atoms with E-state index in [0.29, 0.717) is 6.61 Å². The summed E-state index contributed by atoms with van der Waals surface area (Å²) in [5.74, 6) is -0.113. The molecule has 1 aromatic rings. The van der Waals surface area contributed by atoms with E-state index >= 15 is 4.39 Å². The molecular formula is C29H45FN3O4PS2. The highest BCUT2D eigenvalue weighted by Crippen LogP contribution is 2.50. The Labute approximate surface area is 250 Å². The number of ether oxygens (including phenoxy) is 1. The number of carbonyl (C=O) groups excluding carboxylic acids is 1. The van der Waals surface area contributed by atoms with Gasteiger partial charge in [0.1, 0.15) is 11.9 Å². The Morgan fingerprint density at radius 3 is 2.60 bits per heavy atom. The van der Waals surface area contributed by atoms with Gasteiger partial charge >= 0.3 is 0 Å². The standard InChI is InChI=1S/C29H45FN3O4PS2/c1-19(2)33(20(3)4)38(35-18-12-14-23-13-10-11-15-24(23)39-40-29(7,8)9)37-27-21(5)36-28(26(27)30)32-17-16-25(34)31-22(32)6/h10-11,13,15-17,19-21,26-28H,6,12,14,18H2,1-5,7-9H3,(H,31,34)/t21-,26+,27?,28-,38?/m1/s1/i5D. The van der Waals surface area contributed by atoms with Gasteiger partial charge in [-0.3, -0.25) is 4.79 Å². The number of rotatable bonds is 13. The minimum Gasteiger partial charge on any atom is -0.349 e. The van der Waals surface area contributed by atoms with Gasteiger partial charge in [-0.25, -0.2) is 9.06 Å². The van der Waals surface area contributed by atoms with Crippen LogP contribution in [0.5, 0.6) is 0 Å². The summed E-state index contributed by atoms with van der Waals surface area (Å²) in [7, 11) is 2.01. The van der Waals surface area contributed by atoms with Gasteiger partial charge < -0.3 is 24.0 Å². The number of aryl methyl sites for hydroxylation is 1. The summed E-state index contributed by atoms with van der Waals surface area (Å²) in [6.07, 6.45) is -0.0720. The third-order valence-electron chi connectivity index (χ3n) is 6.11. The topological polar surface area (TPSA) is 63.3 Å². The quantitative estimate of drug-likeness (QED) is 0.140. The molecule has 1 aromatic carbocycles. The van der Waals surface area contributed by atoms with Crippen molar-refractivity contribution in [3.63, 3.8) is 0 Å². The van der Waals surface area contributed by atoms with Crippen LogP contribution in [-0.2, 0) is 25.0 Å². The van der Waals surface area contributed by atoms with Crippen LogP contribution in [-0.4, -0.2) is 63.5 Å². The molecule has 0 bridgehead atoms. The second-order valence-corrected chi connectivity index (χ2v) is 15.8. The highest BCUT2D eigenvalue weighted by Gasteiger charge is 2.49. The molecular weight excluding hydrogens is 568 g/mol. The highest BCUT2D eigenvalue weighted by molar-refractivity contribution is 8.77. The van der Waals surface area contributed by atoms with Crippen molar-refractivity contribution in [3.05, 3.63) is 54.5 Å². The lowest BCUT2D eigenvalue weighted by molar-refractivity contribution is -0.117. The van der Waals surface area contributed by atoms with Gasteiger partial charge in [-0.1, -0.05) is 67.1 Å². The molecule has 40 heavy (non-hydrogen) atoms. The van der Waals surface area contributed by atoms with E-state index in [1.165, 1.54) is 27.6 Å². The van der Waals surface area contributed by atoms with Crippen molar-refractivity contribution >= 4 is 36.0 Å². The Morgan fingerprint density at radius 2 is 1.98 bits per heavy atom. The van der Waals surface area contributed by atoms with Gasteiger partial charge in [-0.15, -0.1) is 0 Å². The number of hydrogen-bond acceptors (Lipinski definition) is 8. The van der Waals surface area contributed by atoms with Gasteiger partial charge in [0.2, 0.25) is 0 Å². The third kappa shape index (κ3) is 9.18. The summed E-state index contributed by atoms with van der Waals surface area (Å²) in [5.41, 5.74) is 1.28. The monoisotopic (exact) mass is 614 g/mol. The molecule has 2 aliphatic heterocycles. The van der Waals surface area contributed by atoms with Gasteiger partial charge in [-0.05, 0) is 59.1 Å². The van der Waals surface area contributed by atoms with Crippen LogP contribution >= 0.6 is 30.1 Å². The van der Waals surface area contributed by atoms with Crippen LogP contribution in [0, 0.1) is 0 Å². The van der Waals surface area contributed by atoms with Crippen molar-refractivity contribution < 1.29 is 24.3 Å². The van der Waals surface area contributed by atoms with Crippen LogP contribution < -0.4 is 5.32 Å². The van der Waals surface area contributed by atoms with Crippen LogP contribution in [0.2, 0.25) is 0 Å². The molecule has 2 heterocycles. The summed E-state index contributed by atoms with van der Waals surface area (Å²) in [4.78, 5) is 14.4. The maximum atomic E-state index is 16.0. The molecule has 3 rings (SSSR count). The number of amides is 1. The third-order valence-corrected chi connectivity index (χ3v) is 11.7. The average Bonchev–Trinajstić information content (AvgIpc) is 3.19. The first kappa shape index (κ1) is 31.8. The molecule has 2 aliphatic rings. The van der Waals surface area contributed by atoms with Crippen molar-refractivity contribution in [1.82, 2.24) is 14.9 Å². The number of halogens is 1. The predicted molar refractivity (Wildman–Crippen MR) is 165 cm³/mol. The molecule has 5 atom stereocenters. The average molecular weight is 615 g/mol. The van der Waals surface area contributed by atoms with Crippen LogP contribution in [0.15, 0.2) is 53.8 Å². The minimum atomic E-state index is -1.65. The molecule has 1 amide bonds. The fraction of sp³-hybridized carbons (Fsp3) is 0.621. The van der Waals surface area contributed by atoms with Gasteiger partial charge in [0.15, 0.2) is 12.4 Å². The SMILES string of the molecule is [2H]C[C@H]1O[C@@H](N2C=CC(=O)NC2=C)[C@@H](F)C1OP(OCCCc1ccccc1SSC(C)(C)C)N(C(C)C)C(C)C. The smallest absolute Gasteiger partial charge is 0.259 e. The first-order chi connectivity index (χ1) is 19.3. The Kier molecular flexibility index (Phi) is 11.8. The molecule has 0 saturated carbocycles. The minimum absolute atomic E-state index is 0.0957. The lowest BCUT2D eigenvalue weighted by Crippen LogP contribution is -2.45. The summed E-state index contributed by atoms with van der Waals surface area (Å²) in [6.45, 7) is 19.0. The maximum absolute atomic E-state index is 16.0. The molecule has 2 unspecified atom stereocenters. The largest absolute Gasteiger partial charge is 0.349 e. The Bertz CT molecular complexity index is 1050. The molecule has 0 aromatic heterocycles. The number of alkyl halides is 1. The fourth-order valence-corrected chi connectivity index (χ4v) is 8.43. The van der Waals surface area contributed by atoms with Crippen molar-refractivity contribution in [2.45, 2.75) is 115 Å². The van der Waals surface area contributed by atoms with E-state index in [1.807, 2.05) is 10.8 Å². The number of carbonyl (C=O) groups is 1. The fourth-order valence-electron chi connectivity index (χ4n) is 4.36. The summed E-state index contributed by atoms with van der Waals surface area (Å²) in [6, 6.07) is 8.64. The molecule has 224 valence electrons. The van der Waals surface area contributed by atoms with Gasteiger partial charge in [0.05, 0.1) is 12.7 Å². The maximum Gasteiger partial charge on any atom is 0.259 e. The van der Waals surface area contributed by atoms with Gasteiger partial charge in [-0.2, -0.15) is 0 Å². The molecule has 1 N–H and O–H groups in total. The van der Waals surface area contributed by atoms with Crippen LogP contribution in [0.25, 0.3) is 0 Å². The lowest BCUT2D eigenvalue weighted by Gasteiger charge is -2.37. The lowest BCUT2D eigenvalue weighted by atomic mass is 10.1. The molecule has 1 saturated heterocycles. The molecule has 0 aliphatic carbocycles. The zero-order valence-corrected chi connectivity index (χ0v) is 27.2. The zero-order valence-electron chi connectivity index (χ0n) is 25.6. The van der Waals surface area contributed by atoms with E-state index < -0.39 is 33.1 Å². The predicted octanol–water partition coefficient (Wildman–Crippen LogP) is 7.41. The van der Waals surface area contributed by atoms with E-state index in [2.05, 4.69) is 89.3 Å². The van der Waals surface area contributed by atoms with E-state index in [-0.39, 0.29) is 35.5 Å². The summed E-state index contributed by atoms with van der Waals surface area (Å²) in [5, 5.41) is 2.57. The van der Waals surface area contributed by atoms with E-state index in [0.717, 1.165) is 12.8 Å². The molecule has 7 nitrogen and oxygen atoms in total. The number of nitrogens with zero attached hydrogens (tertiary/aromatic N) is 2. The van der Waals surface area contributed by atoms with E-state index in [1.54, 1.807) is 10.8 Å². The molecule has 11 heteroatoms. The first-order valence-electron chi connectivity index (χ1n) is 14.4. The Balaban J connectivity index is 1.70. The summed E-state index contributed by atoms with van der Waals surface area (Å²) < 4.78 is 45.0. The highest BCUT2D eigenvalue weighted by atomic mass is 33.1. The van der Waals surface area contributed by atoms with Crippen molar-refractivity contribution in [3.8, 4) is 0 Å². The van der Waals surface area contributed by atoms with Crippen molar-refractivity contribution in [2.24, 2.45) is 0 Å². The molecule has 0 spiro atoms. The van der Waals surface area contributed by atoms with Crippen LogP contribution in [0.1, 0.15) is 68.7 Å². The first-order valence-corrected chi connectivity index (χ1v) is 17.0. The Morgan fingerprint density at radius 1 is 1.27 bits per heavy atom. The van der Waals surface area contributed by atoms with Crippen LogP contribution in [0.4, 0.5) is 4.39 Å². The molecule has 1 fully saturated rings. The van der Waals surface area contributed by atoms with E-state index in [9.17, 15) is 4.79 Å². The Hall–Kier alpha value is -1.13. The van der Waals surface area contributed by atoms with E-state index in [4.69, 9.17) is 15.2 Å². The second kappa shape index (κ2) is 14.9. The number of nitrogens with one attached hydrogen (secondary N) is 1. The molecule has 0 radical (unpaired) electrons. The zero-order chi connectivity index (χ0) is 30.3. The van der Waals surface area contributed by atoms with Gasteiger partial charge in [0, 0.05) is 35.4 Å². The number of benzene rings is 1.